The first-order valence-corrected chi connectivity index (χ1v) is 7.88. The zero-order valence-electron chi connectivity index (χ0n) is 13.3. The summed E-state index contributed by atoms with van der Waals surface area (Å²) in [5.74, 6) is -0.297. The van der Waals surface area contributed by atoms with Gasteiger partial charge in [0.1, 0.15) is 5.52 Å². The standard InChI is InChI=1S/C18H14ClN3O3/c1-21(11-12-6-3-2-4-7-12)18(23)14-10-20-17-13(16(14)19)8-5-9-15(17)22(24)25/h2-10H,11H2,1H3. The number of amides is 1. The summed E-state index contributed by atoms with van der Waals surface area (Å²) in [6.07, 6.45) is 1.29. The largest absolute Gasteiger partial charge is 0.337 e. The molecule has 0 saturated carbocycles. The second kappa shape index (κ2) is 6.86. The van der Waals surface area contributed by atoms with Gasteiger partial charge >= 0.3 is 0 Å². The molecule has 0 atom stereocenters. The van der Waals surface area contributed by atoms with Gasteiger partial charge in [0, 0.05) is 31.2 Å². The monoisotopic (exact) mass is 355 g/mol. The molecule has 0 spiro atoms. The Bertz CT molecular complexity index is 960. The van der Waals surface area contributed by atoms with Gasteiger partial charge in [0.15, 0.2) is 0 Å². The van der Waals surface area contributed by atoms with Gasteiger partial charge in [-0.1, -0.05) is 54.1 Å². The number of rotatable bonds is 4. The average Bonchev–Trinajstić information content (AvgIpc) is 2.62. The van der Waals surface area contributed by atoms with Crippen LogP contribution in [0.4, 0.5) is 5.69 Å². The van der Waals surface area contributed by atoms with Crippen molar-refractivity contribution in [3.63, 3.8) is 0 Å². The molecule has 2 aromatic carbocycles. The molecule has 126 valence electrons. The molecule has 1 aromatic heterocycles. The number of nitrogens with zero attached hydrogens (tertiary/aromatic N) is 3. The number of fused-ring (bicyclic) bond motifs is 1. The molecule has 25 heavy (non-hydrogen) atoms. The third kappa shape index (κ3) is 3.29. The van der Waals surface area contributed by atoms with E-state index in [4.69, 9.17) is 11.6 Å². The zero-order valence-corrected chi connectivity index (χ0v) is 14.1. The topological polar surface area (TPSA) is 76.3 Å². The van der Waals surface area contributed by atoms with Crippen molar-refractivity contribution in [2.45, 2.75) is 6.54 Å². The van der Waals surface area contributed by atoms with Gasteiger partial charge in [-0.25, -0.2) is 4.98 Å². The molecule has 6 nitrogen and oxygen atoms in total. The van der Waals surface area contributed by atoms with Crippen molar-refractivity contribution in [1.29, 1.82) is 0 Å². The van der Waals surface area contributed by atoms with Crippen LogP contribution in [0.2, 0.25) is 5.02 Å². The normalized spacial score (nSPS) is 10.6. The third-order valence-electron chi connectivity index (χ3n) is 3.85. The van der Waals surface area contributed by atoms with Crippen LogP contribution < -0.4 is 0 Å². The molecule has 1 heterocycles. The smallest absolute Gasteiger partial charge is 0.295 e. The number of aromatic nitrogens is 1. The number of carbonyl (C=O) groups is 1. The second-order valence-corrected chi connectivity index (χ2v) is 5.94. The zero-order chi connectivity index (χ0) is 18.0. The Labute approximate surface area is 148 Å². The van der Waals surface area contributed by atoms with E-state index in [0.29, 0.717) is 11.9 Å². The first-order valence-electron chi connectivity index (χ1n) is 7.50. The van der Waals surface area contributed by atoms with Crippen molar-refractivity contribution in [2.24, 2.45) is 0 Å². The number of benzene rings is 2. The van der Waals surface area contributed by atoms with Crippen molar-refractivity contribution in [3.8, 4) is 0 Å². The van der Waals surface area contributed by atoms with E-state index in [2.05, 4.69) is 4.98 Å². The van der Waals surface area contributed by atoms with Gasteiger partial charge in [0.25, 0.3) is 11.6 Å². The Morgan fingerprint density at radius 2 is 1.92 bits per heavy atom. The van der Waals surface area contributed by atoms with Gasteiger partial charge in [-0.15, -0.1) is 0 Å². The van der Waals surface area contributed by atoms with Gasteiger partial charge < -0.3 is 4.90 Å². The fraction of sp³-hybridized carbons (Fsp3) is 0.111. The molecular formula is C18H14ClN3O3. The Balaban J connectivity index is 1.97. The molecule has 0 fully saturated rings. The lowest BCUT2D eigenvalue weighted by Gasteiger charge is -2.18. The molecule has 0 unspecified atom stereocenters. The van der Waals surface area contributed by atoms with Crippen LogP contribution in [-0.4, -0.2) is 27.8 Å². The average molecular weight is 356 g/mol. The Morgan fingerprint density at radius 3 is 2.60 bits per heavy atom. The van der Waals surface area contributed by atoms with Gasteiger partial charge in [-0.2, -0.15) is 0 Å². The van der Waals surface area contributed by atoms with Gasteiger partial charge in [-0.05, 0) is 5.56 Å². The molecule has 0 radical (unpaired) electrons. The quantitative estimate of drug-likeness (QED) is 0.522. The molecule has 3 aromatic rings. The van der Waals surface area contributed by atoms with E-state index in [1.165, 1.54) is 23.2 Å². The van der Waals surface area contributed by atoms with E-state index in [1.807, 2.05) is 30.3 Å². The summed E-state index contributed by atoms with van der Waals surface area (Å²) in [5.41, 5.74) is 1.22. The minimum Gasteiger partial charge on any atom is -0.337 e. The van der Waals surface area contributed by atoms with E-state index in [9.17, 15) is 14.9 Å². The fourth-order valence-corrected chi connectivity index (χ4v) is 2.89. The molecular weight excluding hydrogens is 342 g/mol. The first kappa shape index (κ1) is 16.9. The van der Waals surface area contributed by atoms with Crippen molar-refractivity contribution in [3.05, 3.63) is 81.0 Å². The van der Waals surface area contributed by atoms with E-state index < -0.39 is 4.92 Å². The number of pyridine rings is 1. The highest BCUT2D eigenvalue weighted by Gasteiger charge is 2.21. The van der Waals surface area contributed by atoms with Gasteiger partial charge in [0.2, 0.25) is 0 Å². The maximum Gasteiger partial charge on any atom is 0.295 e. The highest BCUT2D eigenvalue weighted by molar-refractivity contribution is 6.38. The summed E-state index contributed by atoms with van der Waals surface area (Å²) in [6, 6.07) is 14.0. The second-order valence-electron chi connectivity index (χ2n) is 5.56. The van der Waals surface area contributed by atoms with E-state index in [-0.39, 0.29) is 27.7 Å². The van der Waals surface area contributed by atoms with Crippen molar-refractivity contribution >= 4 is 34.1 Å². The summed E-state index contributed by atoms with van der Waals surface area (Å²) in [6.45, 7) is 0.420. The van der Waals surface area contributed by atoms with E-state index in [1.54, 1.807) is 13.1 Å². The molecule has 7 heteroatoms. The third-order valence-corrected chi connectivity index (χ3v) is 4.25. The highest BCUT2D eigenvalue weighted by Crippen LogP contribution is 2.31. The van der Waals surface area contributed by atoms with Crippen LogP contribution in [-0.2, 0) is 6.54 Å². The van der Waals surface area contributed by atoms with Gasteiger partial charge in [0.05, 0.1) is 15.5 Å². The minimum atomic E-state index is -0.519. The van der Waals surface area contributed by atoms with Crippen LogP contribution in [0.1, 0.15) is 15.9 Å². The number of hydrogen-bond donors (Lipinski definition) is 0. The molecule has 0 N–H and O–H groups in total. The molecule has 0 aliphatic carbocycles. The van der Waals surface area contributed by atoms with Gasteiger partial charge in [-0.3, -0.25) is 14.9 Å². The maximum absolute atomic E-state index is 12.7. The molecule has 3 rings (SSSR count). The lowest BCUT2D eigenvalue weighted by molar-refractivity contribution is -0.383. The number of hydrogen-bond acceptors (Lipinski definition) is 4. The Morgan fingerprint density at radius 1 is 1.20 bits per heavy atom. The van der Waals surface area contributed by atoms with Crippen molar-refractivity contribution in [1.82, 2.24) is 9.88 Å². The van der Waals surface area contributed by atoms with Crippen LogP contribution in [0.3, 0.4) is 0 Å². The van der Waals surface area contributed by atoms with Crippen LogP contribution >= 0.6 is 11.6 Å². The number of nitro benzene ring substituents is 1. The number of non-ortho nitro benzene ring substituents is 1. The predicted molar refractivity (Wildman–Crippen MR) is 95.6 cm³/mol. The SMILES string of the molecule is CN(Cc1ccccc1)C(=O)c1cnc2c([N+](=O)[O-])cccc2c1Cl. The number of nitro groups is 1. The Hall–Kier alpha value is -2.99. The van der Waals surface area contributed by atoms with E-state index >= 15 is 0 Å². The first-order chi connectivity index (χ1) is 12.0. The summed E-state index contributed by atoms with van der Waals surface area (Å²) in [5, 5.41) is 11.7. The van der Waals surface area contributed by atoms with E-state index in [0.717, 1.165) is 5.56 Å². The van der Waals surface area contributed by atoms with Crippen LogP contribution in [0.25, 0.3) is 10.9 Å². The van der Waals surface area contributed by atoms with Crippen molar-refractivity contribution in [2.75, 3.05) is 7.05 Å². The summed E-state index contributed by atoms with van der Waals surface area (Å²) in [7, 11) is 1.67. The number of carbonyl (C=O) groups excluding carboxylic acids is 1. The molecule has 1 amide bonds. The summed E-state index contributed by atoms with van der Waals surface area (Å²) in [4.78, 5) is 28.9. The van der Waals surface area contributed by atoms with Crippen LogP contribution in [0.5, 0.6) is 0 Å². The number of para-hydroxylation sites is 1. The lowest BCUT2D eigenvalue weighted by Crippen LogP contribution is -2.26. The molecule has 0 bridgehead atoms. The summed E-state index contributed by atoms with van der Waals surface area (Å²) < 4.78 is 0. The van der Waals surface area contributed by atoms with Crippen LogP contribution in [0.15, 0.2) is 54.7 Å². The number of halogens is 1. The highest BCUT2D eigenvalue weighted by atomic mass is 35.5. The predicted octanol–water partition coefficient (Wildman–Crippen LogP) is 4.07. The van der Waals surface area contributed by atoms with Crippen LogP contribution in [0, 0.1) is 10.1 Å². The maximum atomic E-state index is 12.7. The lowest BCUT2D eigenvalue weighted by atomic mass is 10.1. The molecule has 0 saturated heterocycles. The summed E-state index contributed by atoms with van der Waals surface area (Å²) >= 11 is 6.35. The molecule has 0 aliphatic rings. The Kier molecular flexibility index (Phi) is 4.63. The fourth-order valence-electron chi connectivity index (χ4n) is 2.61. The minimum absolute atomic E-state index is 0.143. The molecule has 0 aliphatic heterocycles. The van der Waals surface area contributed by atoms with Crippen molar-refractivity contribution < 1.29 is 9.72 Å².